The van der Waals surface area contributed by atoms with Crippen molar-refractivity contribution < 1.29 is 9.53 Å². The number of nitrogens with zero attached hydrogens (tertiary/aromatic N) is 1. The van der Waals surface area contributed by atoms with E-state index in [1.807, 2.05) is 36.4 Å². The molecule has 5 nitrogen and oxygen atoms in total. The smallest absolute Gasteiger partial charge is 0.221 e. The summed E-state index contributed by atoms with van der Waals surface area (Å²) < 4.78 is 5.20. The Labute approximate surface area is 118 Å². The minimum Gasteiger partial charge on any atom is -0.481 e. The number of anilines is 2. The molecule has 1 amide bonds. The summed E-state index contributed by atoms with van der Waals surface area (Å²) in [5.41, 5.74) is 2.66. The molecule has 1 aromatic carbocycles. The molecule has 0 atom stereocenters. The first kappa shape index (κ1) is 13.9. The molecule has 0 fully saturated rings. The molecule has 0 aliphatic rings. The monoisotopic (exact) mass is 271 g/mol. The Bertz CT molecular complexity index is 599. The van der Waals surface area contributed by atoms with E-state index < -0.39 is 0 Å². The van der Waals surface area contributed by atoms with Crippen molar-refractivity contribution in [2.75, 3.05) is 17.7 Å². The van der Waals surface area contributed by atoms with Gasteiger partial charge in [0.2, 0.25) is 11.8 Å². The first-order chi connectivity index (χ1) is 9.69. The molecule has 1 heterocycles. The highest BCUT2D eigenvalue weighted by Crippen LogP contribution is 2.18. The van der Waals surface area contributed by atoms with E-state index in [1.54, 1.807) is 13.3 Å². The Morgan fingerprint density at radius 3 is 2.80 bits per heavy atom. The van der Waals surface area contributed by atoms with Crippen molar-refractivity contribution in [2.24, 2.45) is 0 Å². The molecule has 0 radical (unpaired) electrons. The topological polar surface area (TPSA) is 63.2 Å². The second-order valence-electron chi connectivity index (χ2n) is 4.29. The molecule has 2 aromatic rings. The van der Waals surface area contributed by atoms with Gasteiger partial charge in [0.1, 0.15) is 0 Å². The number of carbonyl (C=O) groups is 1. The maximum Gasteiger partial charge on any atom is 0.221 e. The summed E-state index contributed by atoms with van der Waals surface area (Å²) in [4.78, 5) is 15.2. The van der Waals surface area contributed by atoms with Crippen molar-refractivity contribution in [1.29, 1.82) is 0 Å². The number of ether oxygens (including phenoxy) is 1. The fourth-order valence-corrected chi connectivity index (χ4v) is 1.85. The molecule has 104 valence electrons. The van der Waals surface area contributed by atoms with E-state index in [0.717, 1.165) is 16.9 Å². The number of hydrogen-bond acceptors (Lipinski definition) is 4. The molecule has 1 aromatic heterocycles. The van der Waals surface area contributed by atoms with Gasteiger partial charge in [-0.2, -0.15) is 0 Å². The largest absolute Gasteiger partial charge is 0.481 e. The second kappa shape index (κ2) is 6.56. The van der Waals surface area contributed by atoms with Crippen LogP contribution in [0.25, 0.3) is 0 Å². The molecule has 0 bridgehead atoms. The lowest BCUT2D eigenvalue weighted by Crippen LogP contribution is -2.07. The lowest BCUT2D eigenvalue weighted by atomic mass is 10.2. The lowest BCUT2D eigenvalue weighted by molar-refractivity contribution is -0.114. The second-order valence-corrected chi connectivity index (χ2v) is 4.29. The van der Waals surface area contributed by atoms with Crippen molar-refractivity contribution in [3.8, 4) is 5.88 Å². The van der Waals surface area contributed by atoms with Gasteiger partial charge in [-0.15, -0.1) is 0 Å². The molecular formula is C15H17N3O2. The van der Waals surface area contributed by atoms with Crippen molar-refractivity contribution in [1.82, 2.24) is 4.98 Å². The van der Waals surface area contributed by atoms with Crippen LogP contribution in [-0.4, -0.2) is 18.0 Å². The summed E-state index contributed by atoms with van der Waals surface area (Å²) >= 11 is 0. The Balaban J connectivity index is 2.05. The van der Waals surface area contributed by atoms with Crippen LogP contribution in [0.5, 0.6) is 5.88 Å². The number of benzene rings is 1. The fourth-order valence-electron chi connectivity index (χ4n) is 1.85. The maximum absolute atomic E-state index is 11.0. The normalized spacial score (nSPS) is 9.90. The zero-order valence-corrected chi connectivity index (χ0v) is 11.5. The molecule has 0 aliphatic heterocycles. The molecule has 20 heavy (non-hydrogen) atoms. The first-order valence-electron chi connectivity index (χ1n) is 6.28. The maximum atomic E-state index is 11.0. The Kier molecular flexibility index (Phi) is 4.55. The van der Waals surface area contributed by atoms with Crippen LogP contribution >= 0.6 is 0 Å². The summed E-state index contributed by atoms with van der Waals surface area (Å²) in [5.74, 6) is 0.522. The summed E-state index contributed by atoms with van der Waals surface area (Å²) in [6.07, 6.45) is 1.69. The summed E-state index contributed by atoms with van der Waals surface area (Å²) in [5, 5.41) is 6.03. The summed E-state index contributed by atoms with van der Waals surface area (Å²) in [7, 11) is 1.60. The third-order valence-corrected chi connectivity index (χ3v) is 2.71. The predicted molar refractivity (Wildman–Crippen MR) is 78.9 cm³/mol. The summed E-state index contributed by atoms with van der Waals surface area (Å²) in [6, 6.07) is 11.4. The Hall–Kier alpha value is -2.56. The van der Waals surface area contributed by atoms with Gasteiger partial charge in [-0.1, -0.05) is 12.1 Å². The highest BCUT2D eigenvalue weighted by atomic mass is 16.5. The van der Waals surface area contributed by atoms with Crippen molar-refractivity contribution >= 4 is 17.3 Å². The quantitative estimate of drug-likeness (QED) is 0.877. The van der Waals surface area contributed by atoms with Crippen LogP contribution in [-0.2, 0) is 11.3 Å². The van der Waals surface area contributed by atoms with E-state index in [-0.39, 0.29) is 5.91 Å². The van der Waals surface area contributed by atoms with Gasteiger partial charge in [0.25, 0.3) is 0 Å². The van der Waals surface area contributed by atoms with Gasteiger partial charge < -0.3 is 15.4 Å². The van der Waals surface area contributed by atoms with Crippen LogP contribution in [0.4, 0.5) is 11.4 Å². The molecule has 0 unspecified atom stereocenters. The number of carbonyl (C=O) groups excluding carboxylic acids is 1. The Morgan fingerprint density at radius 1 is 1.25 bits per heavy atom. The number of rotatable bonds is 5. The van der Waals surface area contributed by atoms with E-state index in [4.69, 9.17) is 4.74 Å². The molecule has 0 saturated carbocycles. The van der Waals surface area contributed by atoms with E-state index in [9.17, 15) is 4.79 Å². The molecule has 2 rings (SSSR count). The number of pyridine rings is 1. The highest BCUT2D eigenvalue weighted by molar-refractivity contribution is 5.89. The number of hydrogen-bond donors (Lipinski definition) is 2. The zero-order valence-electron chi connectivity index (χ0n) is 11.5. The van der Waals surface area contributed by atoms with Gasteiger partial charge >= 0.3 is 0 Å². The zero-order chi connectivity index (χ0) is 14.4. The predicted octanol–water partition coefficient (Wildman–Crippen LogP) is 2.66. The average Bonchev–Trinajstić information content (AvgIpc) is 2.45. The van der Waals surface area contributed by atoms with Gasteiger partial charge in [0.05, 0.1) is 7.11 Å². The number of methoxy groups -OCH3 is 1. The van der Waals surface area contributed by atoms with E-state index in [1.165, 1.54) is 6.92 Å². The van der Waals surface area contributed by atoms with E-state index in [2.05, 4.69) is 15.6 Å². The van der Waals surface area contributed by atoms with Crippen LogP contribution in [0.2, 0.25) is 0 Å². The van der Waals surface area contributed by atoms with Gasteiger partial charge in [-0.3, -0.25) is 4.79 Å². The van der Waals surface area contributed by atoms with Crippen LogP contribution < -0.4 is 15.4 Å². The van der Waals surface area contributed by atoms with Gasteiger partial charge in [0.15, 0.2) is 0 Å². The first-order valence-corrected chi connectivity index (χ1v) is 6.28. The fraction of sp³-hybridized carbons (Fsp3) is 0.200. The molecular weight excluding hydrogens is 254 g/mol. The SMILES string of the molecule is COc1ncccc1CNc1cccc(NC(C)=O)c1. The molecule has 0 saturated heterocycles. The van der Waals surface area contributed by atoms with E-state index in [0.29, 0.717) is 12.4 Å². The van der Waals surface area contributed by atoms with Gasteiger partial charge in [-0.25, -0.2) is 4.98 Å². The molecule has 0 spiro atoms. The van der Waals surface area contributed by atoms with Gasteiger partial charge in [-0.05, 0) is 24.3 Å². The highest BCUT2D eigenvalue weighted by Gasteiger charge is 2.03. The lowest BCUT2D eigenvalue weighted by Gasteiger charge is -2.10. The van der Waals surface area contributed by atoms with E-state index >= 15 is 0 Å². The van der Waals surface area contributed by atoms with Crippen molar-refractivity contribution in [3.05, 3.63) is 48.2 Å². The number of amides is 1. The third kappa shape index (κ3) is 3.71. The van der Waals surface area contributed by atoms with Gasteiger partial charge in [0, 0.05) is 36.6 Å². The minimum atomic E-state index is -0.0870. The molecule has 5 heteroatoms. The summed E-state index contributed by atoms with van der Waals surface area (Å²) in [6.45, 7) is 2.08. The molecule has 0 aliphatic carbocycles. The molecule has 2 N–H and O–H groups in total. The average molecular weight is 271 g/mol. The standard InChI is InChI=1S/C15H17N3O2/c1-11(19)18-14-7-3-6-13(9-14)17-10-12-5-4-8-16-15(12)20-2/h3-9,17H,10H2,1-2H3,(H,18,19). The van der Waals surface area contributed by atoms with Crippen LogP contribution in [0.1, 0.15) is 12.5 Å². The van der Waals surface area contributed by atoms with Crippen LogP contribution in [0, 0.1) is 0 Å². The number of aromatic nitrogens is 1. The minimum absolute atomic E-state index is 0.0870. The number of nitrogens with one attached hydrogen (secondary N) is 2. The van der Waals surface area contributed by atoms with Crippen molar-refractivity contribution in [3.63, 3.8) is 0 Å². The Morgan fingerprint density at radius 2 is 2.05 bits per heavy atom. The third-order valence-electron chi connectivity index (χ3n) is 2.71. The van der Waals surface area contributed by atoms with Crippen LogP contribution in [0.15, 0.2) is 42.6 Å². The van der Waals surface area contributed by atoms with Crippen molar-refractivity contribution in [2.45, 2.75) is 13.5 Å². The van der Waals surface area contributed by atoms with Crippen LogP contribution in [0.3, 0.4) is 0 Å².